The number of methoxy groups -OCH3 is 1. The largest absolute Gasteiger partial charge is 0.381 e. The Labute approximate surface area is 124 Å². The zero-order valence-electron chi connectivity index (χ0n) is 12.5. The van der Waals surface area contributed by atoms with Gasteiger partial charge in [-0.15, -0.1) is 11.6 Å². The summed E-state index contributed by atoms with van der Waals surface area (Å²) in [4.78, 5) is 4.74. The number of aryl methyl sites for hydroxylation is 1. The fourth-order valence-corrected chi connectivity index (χ4v) is 3.64. The summed E-state index contributed by atoms with van der Waals surface area (Å²) in [7, 11) is 1.79. The van der Waals surface area contributed by atoms with E-state index >= 15 is 0 Å². The molecule has 1 aromatic heterocycles. The first-order chi connectivity index (χ1) is 9.50. The zero-order valence-corrected chi connectivity index (χ0v) is 13.2. The van der Waals surface area contributed by atoms with Crippen LogP contribution < -0.4 is 0 Å². The number of rotatable bonds is 3. The second-order valence-electron chi connectivity index (χ2n) is 6.27. The first-order valence-electron chi connectivity index (χ1n) is 7.06. The Hall–Kier alpha value is -1.06. The summed E-state index contributed by atoms with van der Waals surface area (Å²) in [5.74, 6) is 1.40. The van der Waals surface area contributed by atoms with E-state index in [1.165, 1.54) is 11.1 Å². The molecule has 108 valence electrons. The maximum atomic E-state index is 6.13. The van der Waals surface area contributed by atoms with Gasteiger partial charge in [0.15, 0.2) is 0 Å². The van der Waals surface area contributed by atoms with Crippen molar-refractivity contribution >= 4 is 22.6 Å². The average Bonchev–Trinajstić information content (AvgIpc) is 2.78. The second-order valence-corrected chi connectivity index (χ2v) is 6.54. The van der Waals surface area contributed by atoms with Gasteiger partial charge < -0.3 is 9.30 Å². The summed E-state index contributed by atoms with van der Waals surface area (Å²) >= 11 is 6.13. The van der Waals surface area contributed by atoms with Crippen molar-refractivity contribution in [2.24, 2.45) is 5.41 Å². The predicted octanol–water partition coefficient (Wildman–Crippen LogP) is 4.07. The summed E-state index contributed by atoms with van der Waals surface area (Å²) in [5.41, 5.74) is 3.56. The number of hydrogen-bond acceptors (Lipinski definition) is 2. The van der Waals surface area contributed by atoms with Crippen LogP contribution in [0.25, 0.3) is 11.0 Å². The van der Waals surface area contributed by atoms with Crippen LogP contribution in [0.1, 0.15) is 37.7 Å². The minimum Gasteiger partial charge on any atom is -0.381 e. The molecule has 0 N–H and O–H groups in total. The molecule has 3 rings (SSSR count). The van der Waals surface area contributed by atoms with Crippen LogP contribution in [0.3, 0.4) is 0 Å². The highest BCUT2D eigenvalue weighted by atomic mass is 35.5. The van der Waals surface area contributed by atoms with Crippen molar-refractivity contribution in [1.29, 1.82) is 0 Å². The third-order valence-corrected chi connectivity index (χ3v) is 5.08. The predicted molar refractivity (Wildman–Crippen MR) is 82.3 cm³/mol. The van der Waals surface area contributed by atoms with Gasteiger partial charge in [0.2, 0.25) is 0 Å². The molecule has 1 aliphatic carbocycles. The van der Waals surface area contributed by atoms with Crippen molar-refractivity contribution in [2.45, 2.75) is 45.2 Å². The molecule has 0 radical (unpaired) electrons. The lowest BCUT2D eigenvalue weighted by molar-refractivity contribution is -0.112. The Kier molecular flexibility index (Phi) is 3.30. The van der Waals surface area contributed by atoms with E-state index in [1.54, 1.807) is 7.11 Å². The van der Waals surface area contributed by atoms with Gasteiger partial charge in [-0.25, -0.2) is 4.98 Å². The van der Waals surface area contributed by atoms with Crippen molar-refractivity contribution in [2.75, 3.05) is 7.11 Å². The van der Waals surface area contributed by atoms with Gasteiger partial charge in [0.05, 0.1) is 23.0 Å². The number of hydrogen-bond donors (Lipinski definition) is 0. The van der Waals surface area contributed by atoms with E-state index in [0.29, 0.717) is 18.0 Å². The fraction of sp³-hybridized carbons (Fsp3) is 0.562. The molecule has 0 spiro atoms. The van der Waals surface area contributed by atoms with Crippen LogP contribution in [-0.4, -0.2) is 22.8 Å². The highest BCUT2D eigenvalue weighted by molar-refractivity contribution is 6.16. The molecule has 1 aliphatic rings. The minimum atomic E-state index is 0.104. The molecule has 0 aliphatic heterocycles. The molecule has 3 nitrogen and oxygen atoms in total. The molecule has 0 bridgehead atoms. The summed E-state index contributed by atoms with van der Waals surface area (Å²) in [6.07, 6.45) is 1.32. The number of ether oxygens (including phenoxy) is 1. The van der Waals surface area contributed by atoms with Crippen LogP contribution in [0.4, 0.5) is 0 Å². The number of fused-ring (bicyclic) bond motifs is 1. The van der Waals surface area contributed by atoms with E-state index in [9.17, 15) is 0 Å². The second kappa shape index (κ2) is 4.74. The SMILES string of the molecule is COC1CC(n2c(CCl)nc3c(C)cccc32)C1(C)C. The lowest BCUT2D eigenvalue weighted by Gasteiger charge is -2.52. The third kappa shape index (κ3) is 1.80. The Morgan fingerprint density at radius 3 is 2.80 bits per heavy atom. The van der Waals surface area contributed by atoms with Gasteiger partial charge in [0, 0.05) is 18.6 Å². The molecular weight excluding hydrogens is 272 g/mol. The van der Waals surface area contributed by atoms with Crippen LogP contribution in [0.2, 0.25) is 0 Å². The maximum Gasteiger partial charge on any atom is 0.125 e. The van der Waals surface area contributed by atoms with E-state index < -0.39 is 0 Å². The molecule has 0 saturated heterocycles. The summed E-state index contributed by atoms with van der Waals surface area (Å²) in [6.45, 7) is 6.62. The molecule has 2 aromatic rings. The summed E-state index contributed by atoms with van der Waals surface area (Å²) in [6, 6.07) is 6.73. The van der Waals surface area contributed by atoms with Crippen molar-refractivity contribution in [1.82, 2.24) is 9.55 Å². The van der Waals surface area contributed by atoms with E-state index in [2.05, 4.69) is 43.5 Å². The minimum absolute atomic E-state index is 0.104. The first-order valence-corrected chi connectivity index (χ1v) is 7.59. The number of aromatic nitrogens is 2. The highest BCUT2D eigenvalue weighted by Crippen LogP contribution is 2.52. The molecule has 0 amide bonds. The van der Waals surface area contributed by atoms with E-state index in [-0.39, 0.29) is 5.41 Å². The average molecular weight is 293 g/mol. The smallest absolute Gasteiger partial charge is 0.125 e. The van der Waals surface area contributed by atoms with Crippen molar-refractivity contribution in [3.8, 4) is 0 Å². The molecule has 1 saturated carbocycles. The van der Waals surface area contributed by atoms with Gasteiger partial charge >= 0.3 is 0 Å². The molecule has 2 atom stereocenters. The lowest BCUT2D eigenvalue weighted by atomic mass is 9.64. The molecule has 20 heavy (non-hydrogen) atoms. The number of para-hydroxylation sites is 1. The molecule has 4 heteroatoms. The normalized spacial score (nSPS) is 24.9. The standard InChI is InChI=1S/C16H21ClN2O/c1-10-6-5-7-11-15(10)18-14(9-17)19(11)12-8-13(20-4)16(12,2)3/h5-7,12-13H,8-9H2,1-4H3. The number of alkyl halides is 1. The van der Waals surface area contributed by atoms with Crippen molar-refractivity contribution < 1.29 is 4.74 Å². The van der Waals surface area contributed by atoms with Crippen LogP contribution in [0.5, 0.6) is 0 Å². The van der Waals surface area contributed by atoms with Crippen molar-refractivity contribution in [3.63, 3.8) is 0 Å². The topological polar surface area (TPSA) is 27.1 Å². The first kappa shape index (κ1) is 13.9. The van der Waals surface area contributed by atoms with Crippen LogP contribution in [0, 0.1) is 12.3 Å². The highest BCUT2D eigenvalue weighted by Gasteiger charge is 2.50. The summed E-state index contributed by atoms with van der Waals surface area (Å²) in [5, 5.41) is 0. The molecule has 1 aromatic carbocycles. The van der Waals surface area contributed by atoms with Gasteiger partial charge in [-0.2, -0.15) is 0 Å². The Bertz CT molecular complexity index is 647. The Balaban J connectivity index is 2.14. The zero-order chi connectivity index (χ0) is 14.5. The monoisotopic (exact) mass is 292 g/mol. The van der Waals surface area contributed by atoms with Gasteiger partial charge in [0.1, 0.15) is 5.82 Å². The van der Waals surface area contributed by atoms with Crippen LogP contribution in [0.15, 0.2) is 18.2 Å². The van der Waals surface area contributed by atoms with Crippen molar-refractivity contribution in [3.05, 3.63) is 29.6 Å². The van der Waals surface area contributed by atoms with Gasteiger partial charge in [0.25, 0.3) is 0 Å². The Morgan fingerprint density at radius 2 is 2.20 bits per heavy atom. The number of benzene rings is 1. The number of halogens is 1. The quantitative estimate of drug-likeness (QED) is 0.797. The molecule has 1 heterocycles. The van der Waals surface area contributed by atoms with Gasteiger partial charge in [-0.3, -0.25) is 0 Å². The van der Waals surface area contributed by atoms with E-state index in [0.717, 1.165) is 17.8 Å². The number of nitrogens with zero attached hydrogens (tertiary/aromatic N) is 2. The lowest BCUT2D eigenvalue weighted by Crippen LogP contribution is -2.51. The number of imidazole rings is 1. The molecule has 1 fully saturated rings. The molecular formula is C16H21ClN2O. The third-order valence-electron chi connectivity index (χ3n) is 4.84. The Morgan fingerprint density at radius 1 is 1.45 bits per heavy atom. The molecule has 2 unspecified atom stereocenters. The van der Waals surface area contributed by atoms with E-state index in [1.807, 2.05) is 0 Å². The van der Waals surface area contributed by atoms with Gasteiger partial charge in [-0.05, 0) is 25.0 Å². The van der Waals surface area contributed by atoms with Gasteiger partial charge in [-0.1, -0.05) is 26.0 Å². The maximum absolute atomic E-state index is 6.13. The fourth-order valence-electron chi connectivity index (χ4n) is 3.45. The van der Waals surface area contributed by atoms with Crippen LogP contribution in [-0.2, 0) is 10.6 Å². The van der Waals surface area contributed by atoms with E-state index in [4.69, 9.17) is 21.3 Å². The summed E-state index contributed by atoms with van der Waals surface area (Å²) < 4.78 is 7.90. The van der Waals surface area contributed by atoms with Crippen LogP contribution >= 0.6 is 11.6 Å².